The number of hydrogen-bond donors (Lipinski definition) is 1. The first kappa shape index (κ1) is 20.5. The highest BCUT2D eigenvalue weighted by Gasteiger charge is 2.42. The van der Waals surface area contributed by atoms with Crippen LogP contribution in [0.5, 0.6) is 0 Å². The molecule has 1 amide bonds. The lowest BCUT2D eigenvalue weighted by atomic mass is 9.79. The van der Waals surface area contributed by atoms with Gasteiger partial charge in [0.05, 0.1) is 24.6 Å². The van der Waals surface area contributed by atoms with E-state index in [1.807, 2.05) is 29.1 Å². The summed E-state index contributed by atoms with van der Waals surface area (Å²) in [7, 11) is 0. The Morgan fingerprint density at radius 3 is 2.82 bits per heavy atom. The van der Waals surface area contributed by atoms with Gasteiger partial charge >= 0.3 is 0 Å². The van der Waals surface area contributed by atoms with Crippen molar-refractivity contribution in [3.8, 4) is 11.5 Å². The van der Waals surface area contributed by atoms with Crippen LogP contribution in [0.3, 0.4) is 0 Å². The van der Waals surface area contributed by atoms with E-state index in [1.54, 1.807) is 11.2 Å². The fraction of sp³-hybridized carbons (Fsp3) is 0.542. The van der Waals surface area contributed by atoms with Gasteiger partial charge in [-0.2, -0.15) is 0 Å². The van der Waals surface area contributed by atoms with Gasteiger partial charge in [-0.15, -0.1) is 10.2 Å². The zero-order chi connectivity index (χ0) is 22.5. The minimum Gasteiger partial charge on any atom is -0.334 e. The van der Waals surface area contributed by atoms with Gasteiger partial charge in [0.2, 0.25) is 5.91 Å². The fourth-order valence-electron chi connectivity index (χ4n) is 5.26. The van der Waals surface area contributed by atoms with Crippen molar-refractivity contribution in [3.05, 3.63) is 42.7 Å². The summed E-state index contributed by atoms with van der Waals surface area (Å²) >= 11 is 0. The minimum absolute atomic E-state index is 0.0611. The zero-order valence-electron chi connectivity index (χ0n) is 19.1. The van der Waals surface area contributed by atoms with Crippen LogP contribution in [0.25, 0.3) is 11.5 Å². The molecule has 3 atom stereocenters. The summed E-state index contributed by atoms with van der Waals surface area (Å²) in [6.07, 6.45) is 11.3. The van der Waals surface area contributed by atoms with Gasteiger partial charge in [0.25, 0.3) is 0 Å². The number of carbonyl (C=O) groups excluding carboxylic acids is 1. The largest absolute Gasteiger partial charge is 0.334 e. The second-order valence-electron chi connectivity index (χ2n) is 9.86. The number of nitrogens with one attached hydrogen (secondary N) is 1. The van der Waals surface area contributed by atoms with Crippen molar-refractivity contribution in [2.45, 2.75) is 70.0 Å². The number of nitrogens with zero attached hydrogens (tertiary/aromatic N) is 7. The summed E-state index contributed by atoms with van der Waals surface area (Å²) < 4.78 is 4.23. The fourth-order valence-corrected chi connectivity index (χ4v) is 5.26. The van der Waals surface area contributed by atoms with Crippen LogP contribution in [-0.4, -0.2) is 47.9 Å². The van der Waals surface area contributed by atoms with Crippen LogP contribution >= 0.6 is 0 Å². The van der Waals surface area contributed by atoms with Crippen molar-refractivity contribution in [1.82, 2.24) is 34.6 Å². The molecule has 3 aromatic rings. The number of aromatic nitrogens is 6. The number of pyridine rings is 1. The molecule has 172 valence electrons. The summed E-state index contributed by atoms with van der Waals surface area (Å²) in [5.41, 5.74) is 1.93. The van der Waals surface area contributed by atoms with Crippen molar-refractivity contribution in [1.29, 1.82) is 0 Å². The van der Waals surface area contributed by atoms with Gasteiger partial charge in [0.1, 0.15) is 17.8 Å². The molecule has 6 rings (SSSR count). The SMILES string of the molecule is CC(C)n1cnnc1-c1cccc(N2CNC3CCC(n4cnc(C5CC5)c4)CC3C2=O)n1. The smallest absolute Gasteiger partial charge is 0.234 e. The Labute approximate surface area is 193 Å². The molecule has 0 bridgehead atoms. The molecule has 3 aromatic heterocycles. The summed E-state index contributed by atoms with van der Waals surface area (Å²) in [6, 6.07) is 6.53. The summed E-state index contributed by atoms with van der Waals surface area (Å²) in [4.78, 5) is 24.8. The molecule has 33 heavy (non-hydrogen) atoms. The molecule has 4 heterocycles. The van der Waals surface area contributed by atoms with E-state index in [2.05, 4.69) is 45.1 Å². The Bertz CT molecular complexity index is 1160. The predicted molar refractivity (Wildman–Crippen MR) is 123 cm³/mol. The van der Waals surface area contributed by atoms with Crippen LogP contribution in [0.4, 0.5) is 5.82 Å². The first-order valence-corrected chi connectivity index (χ1v) is 12.0. The lowest BCUT2D eigenvalue weighted by Gasteiger charge is -2.43. The third-order valence-electron chi connectivity index (χ3n) is 7.33. The van der Waals surface area contributed by atoms with Gasteiger partial charge < -0.3 is 9.13 Å². The monoisotopic (exact) mass is 446 g/mol. The molecule has 9 heteroatoms. The molecule has 3 unspecified atom stereocenters. The summed E-state index contributed by atoms with van der Waals surface area (Å²) in [5, 5.41) is 11.9. The molecule has 1 saturated heterocycles. The molecule has 9 nitrogen and oxygen atoms in total. The zero-order valence-corrected chi connectivity index (χ0v) is 19.1. The second-order valence-corrected chi connectivity index (χ2v) is 9.86. The maximum Gasteiger partial charge on any atom is 0.234 e. The van der Waals surface area contributed by atoms with Crippen LogP contribution in [0, 0.1) is 5.92 Å². The average molecular weight is 447 g/mol. The molecule has 1 N–H and O–H groups in total. The molecule has 0 radical (unpaired) electrons. The van der Waals surface area contributed by atoms with E-state index in [9.17, 15) is 4.79 Å². The number of anilines is 1. The van der Waals surface area contributed by atoms with Crippen LogP contribution in [0.15, 0.2) is 37.1 Å². The quantitative estimate of drug-likeness (QED) is 0.646. The molecule has 1 aliphatic heterocycles. The standard InChI is InChI=1S/C24H30N8O/c1-15(2)31-14-27-29-23(31)20-4-3-5-22(28-20)32-13-26-19-9-8-17(10-18(19)24(32)33)30-11-21(25-12-30)16-6-7-16/h3-5,11-12,14-19,26H,6-10,13H2,1-2H3. The van der Waals surface area contributed by atoms with Gasteiger partial charge in [-0.05, 0) is 58.1 Å². The number of hydrogen-bond acceptors (Lipinski definition) is 6. The first-order chi connectivity index (χ1) is 16.1. The molecular weight excluding hydrogens is 416 g/mol. The Kier molecular flexibility index (Phi) is 5.01. The normalized spacial score (nSPS) is 25.5. The van der Waals surface area contributed by atoms with E-state index >= 15 is 0 Å². The topological polar surface area (TPSA) is 93.8 Å². The highest BCUT2D eigenvalue weighted by Crippen LogP contribution is 2.41. The van der Waals surface area contributed by atoms with Crippen LogP contribution in [0.1, 0.15) is 69.6 Å². The van der Waals surface area contributed by atoms with Crippen LogP contribution in [0.2, 0.25) is 0 Å². The molecule has 0 spiro atoms. The van der Waals surface area contributed by atoms with Crippen LogP contribution in [-0.2, 0) is 4.79 Å². The second kappa shape index (κ2) is 8.06. The number of carbonyl (C=O) groups is 1. The van der Waals surface area contributed by atoms with Crippen molar-refractivity contribution in [2.24, 2.45) is 5.92 Å². The maximum atomic E-state index is 13.6. The average Bonchev–Trinajstić information content (AvgIpc) is 3.34. The number of imidazole rings is 1. The molecule has 3 aliphatic rings. The van der Waals surface area contributed by atoms with Gasteiger partial charge in [-0.25, -0.2) is 9.97 Å². The van der Waals surface area contributed by atoms with Crippen LogP contribution < -0.4 is 10.2 Å². The Balaban J connectivity index is 1.23. The van der Waals surface area contributed by atoms with E-state index in [0.717, 1.165) is 25.0 Å². The van der Waals surface area contributed by atoms with Crippen molar-refractivity contribution in [2.75, 3.05) is 11.6 Å². The van der Waals surface area contributed by atoms with Crippen molar-refractivity contribution < 1.29 is 4.79 Å². The molecule has 2 aliphatic carbocycles. The van der Waals surface area contributed by atoms with E-state index < -0.39 is 0 Å². The molecule has 2 saturated carbocycles. The van der Waals surface area contributed by atoms with Gasteiger partial charge in [0.15, 0.2) is 5.82 Å². The predicted octanol–water partition coefficient (Wildman–Crippen LogP) is 3.30. The lowest BCUT2D eigenvalue weighted by molar-refractivity contribution is -0.126. The van der Waals surface area contributed by atoms with E-state index in [-0.39, 0.29) is 23.9 Å². The number of rotatable bonds is 5. The minimum atomic E-state index is -0.0611. The van der Waals surface area contributed by atoms with E-state index in [0.29, 0.717) is 30.3 Å². The Morgan fingerprint density at radius 1 is 1.12 bits per heavy atom. The third-order valence-corrected chi connectivity index (χ3v) is 7.33. The Morgan fingerprint density at radius 2 is 2.00 bits per heavy atom. The number of fused-ring (bicyclic) bond motifs is 1. The van der Waals surface area contributed by atoms with Gasteiger partial charge in [-0.1, -0.05) is 6.07 Å². The maximum absolute atomic E-state index is 13.6. The van der Waals surface area contributed by atoms with Crippen molar-refractivity contribution in [3.63, 3.8) is 0 Å². The highest BCUT2D eigenvalue weighted by atomic mass is 16.2. The van der Waals surface area contributed by atoms with Gasteiger partial charge in [-0.3, -0.25) is 15.0 Å². The number of amides is 1. The van der Waals surface area contributed by atoms with E-state index in [4.69, 9.17) is 4.98 Å². The highest BCUT2D eigenvalue weighted by molar-refractivity contribution is 5.95. The molecule has 3 fully saturated rings. The Hall–Kier alpha value is -3.07. The van der Waals surface area contributed by atoms with E-state index in [1.165, 1.54) is 18.5 Å². The van der Waals surface area contributed by atoms with Crippen molar-refractivity contribution >= 4 is 11.7 Å². The molecular formula is C24H30N8O. The van der Waals surface area contributed by atoms with Gasteiger partial charge in [0, 0.05) is 30.2 Å². The summed E-state index contributed by atoms with van der Waals surface area (Å²) in [6.45, 7) is 4.65. The molecule has 0 aromatic carbocycles. The third kappa shape index (κ3) is 3.74. The summed E-state index contributed by atoms with van der Waals surface area (Å²) in [5.74, 6) is 2.11. The lowest BCUT2D eigenvalue weighted by Crippen LogP contribution is -2.59. The first-order valence-electron chi connectivity index (χ1n) is 12.0.